The summed E-state index contributed by atoms with van der Waals surface area (Å²) in [4.78, 5) is 0. The average molecular weight is 235 g/mol. The van der Waals surface area contributed by atoms with Crippen molar-refractivity contribution in [1.82, 2.24) is 0 Å². The second-order valence-corrected chi connectivity index (χ2v) is 6.18. The van der Waals surface area contributed by atoms with Crippen LogP contribution in [0.5, 0.6) is 0 Å². The minimum atomic E-state index is -0.0843. The highest BCUT2D eigenvalue weighted by atomic mass is 19.1. The standard InChI is InChI=1S/C15H22FN/c1-9-7-11-5-6-15(3,4)8-12(17)13(11)10(2)14(9)16/h7,12H,5-6,8,17H2,1-4H3. The summed E-state index contributed by atoms with van der Waals surface area (Å²) in [5.74, 6) is -0.0843. The fraction of sp³-hybridized carbons (Fsp3) is 0.600. The molecule has 94 valence electrons. The first-order chi connectivity index (χ1) is 7.82. The molecule has 1 atom stereocenters. The molecular weight excluding hydrogens is 213 g/mol. The van der Waals surface area contributed by atoms with E-state index >= 15 is 0 Å². The van der Waals surface area contributed by atoms with Crippen molar-refractivity contribution < 1.29 is 4.39 Å². The van der Waals surface area contributed by atoms with E-state index in [1.165, 1.54) is 5.56 Å². The van der Waals surface area contributed by atoms with Crippen LogP contribution in [-0.4, -0.2) is 0 Å². The molecule has 0 radical (unpaired) electrons. The first-order valence-electron chi connectivity index (χ1n) is 6.36. The first kappa shape index (κ1) is 12.6. The van der Waals surface area contributed by atoms with E-state index in [2.05, 4.69) is 13.8 Å². The van der Waals surface area contributed by atoms with Crippen molar-refractivity contribution in [2.45, 2.75) is 53.0 Å². The molecule has 0 fully saturated rings. The number of halogens is 1. The smallest absolute Gasteiger partial charge is 0.129 e. The maximum absolute atomic E-state index is 14.0. The van der Waals surface area contributed by atoms with E-state index in [9.17, 15) is 4.39 Å². The van der Waals surface area contributed by atoms with Crippen LogP contribution in [0.3, 0.4) is 0 Å². The molecule has 0 bridgehead atoms. The number of benzene rings is 1. The van der Waals surface area contributed by atoms with Gasteiger partial charge in [-0.15, -0.1) is 0 Å². The highest BCUT2D eigenvalue weighted by molar-refractivity contribution is 5.42. The van der Waals surface area contributed by atoms with Crippen LogP contribution in [0.2, 0.25) is 0 Å². The van der Waals surface area contributed by atoms with Crippen LogP contribution in [0.1, 0.15) is 55.0 Å². The predicted molar refractivity (Wildman–Crippen MR) is 69.5 cm³/mol. The van der Waals surface area contributed by atoms with Crippen LogP contribution in [0.4, 0.5) is 4.39 Å². The molecule has 0 heterocycles. The van der Waals surface area contributed by atoms with Crippen LogP contribution in [0.15, 0.2) is 6.07 Å². The van der Waals surface area contributed by atoms with Gasteiger partial charge in [0, 0.05) is 6.04 Å². The third kappa shape index (κ3) is 2.23. The van der Waals surface area contributed by atoms with Gasteiger partial charge in [0.05, 0.1) is 0 Å². The van der Waals surface area contributed by atoms with Crippen molar-refractivity contribution in [2.75, 3.05) is 0 Å². The molecule has 1 unspecified atom stereocenters. The van der Waals surface area contributed by atoms with Gasteiger partial charge in [0.15, 0.2) is 0 Å². The van der Waals surface area contributed by atoms with E-state index in [4.69, 9.17) is 5.73 Å². The van der Waals surface area contributed by atoms with Gasteiger partial charge in [0.2, 0.25) is 0 Å². The van der Waals surface area contributed by atoms with Crippen LogP contribution in [0, 0.1) is 25.1 Å². The molecule has 17 heavy (non-hydrogen) atoms. The second-order valence-electron chi connectivity index (χ2n) is 6.18. The van der Waals surface area contributed by atoms with Crippen LogP contribution in [0.25, 0.3) is 0 Å². The highest BCUT2D eigenvalue weighted by Crippen LogP contribution is 2.40. The molecular formula is C15H22FN. The lowest BCUT2D eigenvalue weighted by Gasteiger charge is -2.25. The molecule has 2 rings (SSSR count). The molecule has 0 spiro atoms. The first-order valence-corrected chi connectivity index (χ1v) is 6.36. The van der Waals surface area contributed by atoms with Crippen molar-refractivity contribution in [1.29, 1.82) is 0 Å². The summed E-state index contributed by atoms with van der Waals surface area (Å²) in [6.45, 7) is 8.19. The van der Waals surface area contributed by atoms with Gasteiger partial charge < -0.3 is 5.73 Å². The Labute approximate surface area is 103 Å². The second kappa shape index (κ2) is 4.09. The molecule has 0 aliphatic heterocycles. The monoisotopic (exact) mass is 235 g/mol. The quantitative estimate of drug-likeness (QED) is 0.680. The Bertz CT molecular complexity index is 449. The van der Waals surface area contributed by atoms with Crippen molar-refractivity contribution in [3.8, 4) is 0 Å². The Morgan fingerprint density at radius 2 is 2.00 bits per heavy atom. The number of aryl methyl sites for hydroxylation is 2. The normalized spacial score (nSPS) is 23.1. The largest absolute Gasteiger partial charge is 0.324 e. The summed E-state index contributed by atoms with van der Waals surface area (Å²) in [6.07, 6.45) is 3.07. The fourth-order valence-corrected chi connectivity index (χ4v) is 3.05. The van der Waals surface area contributed by atoms with Gasteiger partial charge in [-0.05, 0) is 60.8 Å². The van der Waals surface area contributed by atoms with E-state index in [1.807, 2.05) is 19.9 Å². The third-order valence-corrected chi connectivity index (χ3v) is 4.03. The molecule has 0 amide bonds. The van der Waals surface area contributed by atoms with Gasteiger partial charge in [-0.1, -0.05) is 19.9 Å². The number of nitrogens with two attached hydrogens (primary N) is 1. The zero-order valence-corrected chi connectivity index (χ0v) is 11.2. The van der Waals surface area contributed by atoms with Gasteiger partial charge in [-0.25, -0.2) is 4.39 Å². The molecule has 0 saturated carbocycles. The lowest BCUT2D eigenvalue weighted by atomic mass is 9.83. The highest BCUT2D eigenvalue weighted by Gasteiger charge is 2.29. The minimum absolute atomic E-state index is 0.0300. The third-order valence-electron chi connectivity index (χ3n) is 4.03. The van der Waals surface area contributed by atoms with E-state index in [-0.39, 0.29) is 17.3 Å². The van der Waals surface area contributed by atoms with Crippen molar-refractivity contribution in [3.63, 3.8) is 0 Å². The van der Waals surface area contributed by atoms with Crippen molar-refractivity contribution >= 4 is 0 Å². The number of fused-ring (bicyclic) bond motifs is 1. The summed E-state index contributed by atoms with van der Waals surface area (Å²) in [5.41, 5.74) is 10.3. The fourth-order valence-electron chi connectivity index (χ4n) is 3.05. The Morgan fingerprint density at radius 1 is 1.35 bits per heavy atom. The van der Waals surface area contributed by atoms with E-state index < -0.39 is 0 Å². The zero-order valence-electron chi connectivity index (χ0n) is 11.2. The summed E-state index contributed by atoms with van der Waals surface area (Å²) in [7, 11) is 0. The van der Waals surface area contributed by atoms with Gasteiger partial charge in [0.25, 0.3) is 0 Å². The van der Waals surface area contributed by atoms with Crippen molar-refractivity contribution in [3.05, 3.63) is 34.1 Å². The summed E-state index contributed by atoms with van der Waals surface area (Å²) < 4.78 is 14.0. The van der Waals surface area contributed by atoms with E-state index in [1.54, 1.807) is 0 Å². The molecule has 2 heteroatoms. The number of rotatable bonds is 0. The number of hydrogen-bond donors (Lipinski definition) is 1. The molecule has 1 aliphatic rings. The summed E-state index contributed by atoms with van der Waals surface area (Å²) in [5, 5.41) is 0. The maximum Gasteiger partial charge on any atom is 0.129 e. The van der Waals surface area contributed by atoms with Crippen LogP contribution < -0.4 is 5.73 Å². The average Bonchev–Trinajstić information content (AvgIpc) is 2.32. The Balaban J connectivity index is 2.56. The molecule has 1 nitrogen and oxygen atoms in total. The molecule has 1 aliphatic carbocycles. The molecule has 0 aromatic heterocycles. The lowest BCUT2D eigenvalue weighted by molar-refractivity contribution is 0.293. The Hall–Kier alpha value is -0.890. The molecule has 1 aromatic rings. The molecule has 0 saturated heterocycles. The van der Waals surface area contributed by atoms with Gasteiger partial charge in [-0.2, -0.15) is 0 Å². The van der Waals surface area contributed by atoms with Crippen LogP contribution in [-0.2, 0) is 6.42 Å². The zero-order chi connectivity index (χ0) is 12.8. The topological polar surface area (TPSA) is 26.0 Å². The Kier molecular flexibility index (Phi) is 3.03. The summed E-state index contributed by atoms with van der Waals surface area (Å²) >= 11 is 0. The lowest BCUT2D eigenvalue weighted by Crippen LogP contribution is -2.20. The predicted octanol–water partition coefficient (Wildman–Crippen LogP) is 3.80. The maximum atomic E-state index is 14.0. The van der Waals surface area contributed by atoms with Crippen LogP contribution >= 0.6 is 0 Å². The van der Waals surface area contributed by atoms with Gasteiger partial charge >= 0.3 is 0 Å². The summed E-state index contributed by atoms with van der Waals surface area (Å²) in [6, 6.07) is 1.96. The minimum Gasteiger partial charge on any atom is -0.324 e. The molecule has 2 N–H and O–H groups in total. The Morgan fingerprint density at radius 3 is 2.65 bits per heavy atom. The van der Waals surface area contributed by atoms with Gasteiger partial charge in [-0.3, -0.25) is 0 Å². The van der Waals surface area contributed by atoms with E-state index in [0.717, 1.165) is 36.0 Å². The SMILES string of the molecule is Cc1cc2c(c(C)c1F)C(N)CC(C)(C)CC2. The van der Waals surface area contributed by atoms with Gasteiger partial charge in [0.1, 0.15) is 5.82 Å². The molecule has 1 aromatic carbocycles. The number of hydrogen-bond acceptors (Lipinski definition) is 1. The van der Waals surface area contributed by atoms with E-state index in [0.29, 0.717) is 0 Å². The van der Waals surface area contributed by atoms with Crippen molar-refractivity contribution in [2.24, 2.45) is 11.1 Å².